The Kier molecular flexibility index (Phi) is 3.62. The highest BCUT2D eigenvalue weighted by Crippen LogP contribution is 2.19. The molecule has 2 N–H and O–H groups in total. The van der Waals surface area contributed by atoms with Gasteiger partial charge >= 0.3 is 0 Å². The van der Waals surface area contributed by atoms with Crippen molar-refractivity contribution in [1.29, 1.82) is 0 Å². The molecule has 0 atom stereocenters. The van der Waals surface area contributed by atoms with Crippen LogP contribution in [0.15, 0.2) is 18.2 Å². The molecule has 82 valence electrons. The van der Waals surface area contributed by atoms with E-state index in [-0.39, 0.29) is 23.9 Å². The van der Waals surface area contributed by atoms with E-state index in [1.54, 1.807) is 19.0 Å². The average molecular weight is 212 g/mol. The fourth-order valence-electron chi connectivity index (χ4n) is 1.08. The van der Waals surface area contributed by atoms with Crippen molar-refractivity contribution in [3.63, 3.8) is 0 Å². The van der Waals surface area contributed by atoms with Crippen molar-refractivity contribution in [2.45, 2.75) is 0 Å². The summed E-state index contributed by atoms with van der Waals surface area (Å²) >= 11 is 0. The lowest BCUT2D eigenvalue weighted by Gasteiger charge is -2.10. The zero-order chi connectivity index (χ0) is 11.4. The second-order valence-corrected chi connectivity index (χ2v) is 3.45. The highest BCUT2D eigenvalue weighted by molar-refractivity contribution is 5.92. The first-order valence-corrected chi connectivity index (χ1v) is 4.42. The van der Waals surface area contributed by atoms with E-state index in [1.165, 1.54) is 12.1 Å². The maximum Gasteiger partial charge on any atom is 0.238 e. The molecule has 0 radical (unpaired) electrons. The van der Waals surface area contributed by atoms with E-state index in [4.69, 9.17) is 5.11 Å². The van der Waals surface area contributed by atoms with Gasteiger partial charge in [-0.2, -0.15) is 0 Å². The molecule has 1 aromatic carbocycles. The number of anilines is 1. The summed E-state index contributed by atoms with van der Waals surface area (Å²) in [5, 5.41) is 11.4. The third kappa shape index (κ3) is 3.55. The molecule has 4 nitrogen and oxygen atoms in total. The number of phenols is 1. The van der Waals surface area contributed by atoms with Crippen molar-refractivity contribution in [2.24, 2.45) is 0 Å². The quantitative estimate of drug-likeness (QED) is 0.736. The number of nitrogens with one attached hydrogen (secondary N) is 1. The second-order valence-electron chi connectivity index (χ2n) is 3.45. The fraction of sp³-hybridized carbons (Fsp3) is 0.300. The van der Waals surface area contributed by atoms with Crippen LogP contribution in [-0.4, -0.2) is 36.6 Å². The number of likely N-dealkylation sites (N-methyl/N-ethyl adjacent to an activating group) is 1. The molecule has 0 fully saturated rings. The van der Waals surface area contributed by atoms with Crippen molar-refractivity contribution >= 4 is 11.6 Å². The van der Waals surface area contributed by atoms with Crippen molar-refractivity contribution in [3.8, 4) is 5.75 Å². The topological polar surface area (TPSA) is 52.6 Å². The van der Waals surface area contributed by atoms with Gasteiger partial charge in [-0.15, -0.1) is 0 Å². The SMILES string of the molecule is CN(C)CC(=O)Nc1ccc(O)cc1F. The molecule has 0 saturated carbocycles. The Morgan fingerprint density at radius 3 is 2.73 bits per heavy atom. The number of phenolic OH excluding ortho intramolecular Hbond substituents is 1. The van der Waals surface area contributed by atoms with E-state index in [2.05, 4.69) is 5.32 Å². The normalized spacial score (nSPS) is 10.4. The summed E-state index contributed by atoms with van der Waals surface area (Å²) in [6, 6.07) is 3.58. The van der Waals surface area contributed by atoms with Gasteiger partial charge in [0.05, 0.1) is 12.2 Å². The Bertz CT molecular complexity index is 366. The monoisotopic (exact) mass is 212 g/mol. The lowest BCUT2D eigenvalue weighted by atomic mass is 10.3. The average Bonchev–Trinajstić information content (AvgIpc) is 2.08. The number of carbonyl (C=O) groups is 1. The van der Waals surface area contributed by atoms with Gasteiger partial charge < -0.3 is 15.3 Å². The summed E-state index contributed by atoms with van der Waals surface area (Å²) in [7, 11) is 3.49. The van der Waals surface area contributed by atoms with Gasteiger partial charge in [0.25, 0.3) is 0 Å². The van der Waals surface area contributed by atoms with Crippen molar-refractivity contribution < 1.29 is 14.3 Å². The molecule has 0 aliphatic rings. The van der Waals surface area contributed by atoms with E-state index < -0.39 is 5.82 Å². The van der Waals surface area contributed by atoms with E-state index in [9.17, 15) is 9.18 Å². The van der Waals surface area contributed by atoms with E-state index >= 15 is 0 Å². The van der Waals surface area contributed by atoms with Crippen LogP contribution in [-0.2, 0) is 4.79 Å². The molecule has 0 unspecified atom stereocenters. The Morgan fingerprint density at radius 2 is 2.20 bits per heavy atom. The molecule has 5 heteroatoms. The highest BCUT2D eigenvalue weighted by atomic mass is 19.1. The summed E-state index contributed by atoms with van der Waals surface area (Å²) in [4.78, 5) is 13.0. The number of aromatic hydroxyl groups is 1. The first kappa shape index (κ1) is 11.5. The molecular formula is C10H13FN2O2. The second kappa shape index (κ2) is 4.75. The Labute approximate surface area is 87.3 Å². The van der Waals surface area contributed by atoms with E-state index in [0.717, 1.165) is 6.07 Å². The number of rotatable bonds is 3. The summed E-state index contributed by atoms with van der Waals surface area (Å²) in [5.41, 5.74) is 0.0691. The Morgan fingerprint density at radius 1 is 1.53 bits per heavy atom. The van der Waals surface area contributed by atoms with Gasteiger partial charge in [-0.25, -0.2) is 4.39 Å². The number of hydrogen-bond donors (Lipinski definition) is 2. The minimum Gasteiger partial charge on any atom is -0.508 e. The van der Waals surface area contributed by atoms with Crippen LogP contribution in [0.25, 0.3) is 0 Å². The lowest BCUT2D eigenvalue weighted by Crippen LogP contribution is -2.27. The van der Waals surface area contributed by atoms with Crippen LogP contribution >= 0.6 is 0 Å². The number of carbonyl (C=O) groups excluding carboxylic acids is 1. The Balaban J connectivity index is 2.68. The molecule has 0 heterocycles. The summed E-state index contributed by atoms with van der Waals surface area (Å²) < 4.78 is 13.2. The molecule has 0 aliphatic heterocycles. The van der Waals surface area contributed by atoms with Crippen LogP contribution < -0.4 is 5.32 Å². The van der Waals surface area contributed by atoms with Crippen molar-refractivity contribution in [1.82, 2.24) is 4.90 Å². The number of amides is 1. The van der Waals surface area contributed by atoms with Gasteiger partial charge in [-0.3, -0.25) is 4.79 Å². The molecule has 0 spiro atoms. The van der Waals surface area contributed by atoms with Gasteiger partial charge in [-0.1, -0.05) is 0 Å². The zero-order valence-corrected chi connectivity index (χ0v) is 8.62. The highest BCUT2D eigenvalue weighted by Gasteiger charge is 2.07. The summed E-state index contributed by atoms with van der Waals surface area (Å²) in [6.45, 7) is 0.181. The van der Waals surface area contributed by atoms with Gasteiger partial charge in [0.1, 0.15) is 11.6 Å². The minimum atomic E-state index is -0.651. The first-order valence-electron chi connectivity index (χ1n) is 4.42. The van der Waals surface area contributed by atoms with Gasteiger partial charge in [0.2, 0.25) is 5.91 Å². The zero-order valence-electron chi connectivity index (χ0n) is 8.62. The van der Waals surface area contributed by atoms with Gasteiger partial charge in [0.15, 0.2) is 0 Å². The van der Waals surface area contributed by atoms with Gasteiger partial charge in [-0.05, 0) is 26.2 Å². The van der Waals surface area contributed by atoms with Crippen molar-refractivity contribution in [2.75, 3.05) is 26.0 Å². The Hall–Kier alpha value is -1.62. The molecule has 0 aromatic heterocycles. The minimum absolute atomic E-state index is 0.0691. The van der Waals surface area contributed by atoms with Crippen molar-refractivity contribution in [3.05, 3.63) is 24.0 Å². The molecule has 0 aliphatic carbocycles. The maximum atomic E-state index is 13.2. The van der Waals surface area contributed by atoms with E-state index in [0.29, 0.717) is 0 Å². The molecule has 0 bridgehead atoms. The molecule has 1 aromatic rings. The smallest absolute Gasteiger partial charge is 0.238 e. The van der Waals surface area contributed by atoms with Crippen LogP contribution in [0, 0.1) is 5.82 Å². The molecule has 0 saturated heterocycles. The summed E-state index contributed by atoms with van der Waals surface area (Å²) in [5.74, 6) is -1.12. The standard InChI is InChI=1S/C10H13FN2O2/c1-13(2)6-10(15)12-9-4-3-7(14)5-8(9)11/h3-5,14H,6H2,1-2H3,(H,12,15). The lowest BCUT2D eigenvalue weighted by molar-refractivity contribution is -0.116. The largest absolute Gasteiger partial charge is 0.508 e. The fourth-order valence-corrected chi connectivity index (χ4v) is 1.08. The predicted octanol–water partition coefficient (Wildman–Crippen LogP) is 1.03. The molecule has 15 heavy (non-hydrogen) atoms. The molecular weight excluding hydrogens is 199 g/mol. The number of halogens is 1. The number of nitrogens with zero attached hydrogens (tertiary/aromatic N) is 1. The van der Waals surface area contributed by atoms with Crippen LogP contribution in [0.4, 0.5) is 10.1 Å². The molecule has 1 amide bonds. The first-order chi connectivity index (χ1) is 6.99. The van der Waals surface area contributed by atoms with Crippen LogP contribution in [0.1, 0.15) is 0 Å². The predicted molar refractivity (Wildman–Crippen MR) is 55.2 cm³/mol. The molecule has 1 rings (SSSR count). The van der Waals surface area contributed by atoms with Crippen LogP contribution in [0.5, 0.6) is 5.75 Å². The van der Waals surface area contributed by atoms with E-state index in [1.807, 2.05) is 0 Å². The van der Waals surface area contributed by atoms with Crippen LogP contribution in [0.3, 0.4) is 0 Å². The number of benzene rings is 1. The number of hydrogen-bond acceptors (Lipinski definition) is 3. The van der Waals surface area contributed by atoms with Crippen LogP contribution in [0.2, 0.25) is 0 Å². The summed E-state index contributed by atoms with van der Waals surface area (Å²) in [6.07, 6.45) is 0. The maximum absolute atomic E-state index is 13.2. The van der Waals surface area contributed by atoms with Gasteiger partial charge in [0, 0.05) is 6.07 Å². The third-order valence-electron chi connectivity index (χ3n) is 1.69. The third-order valence-corrected chi connectivity index (χ3v) is 1.69.